The van der Waals surface area contributed by atoms with E-state index in [0.717, 1.165) is 57.8 Å². The van der Waals surface area contributed by atoms with Gasteiger partial charge in [0.1, 0.15) is 0 Å². The SMILES string of the molecule is Cl.Cl.NC[C@H]1CCC[C@H]1C(=O)Nc1nc(CN2CCOCC2)cs1. The first-order valence-corrected chi connectivity index (χ1v) is 8.89. The third kappa shape index (κ3) is 5.54. The smallest absolute Gasteiger partial charge is 0.229 e. The number of rotatable bonds is 5. The highest BCUT2D eigenvalue weighted by molar-refractivity contribution is 7.13. The lowest BCUT2D eigenvalue weighted by Crippen LogP contribution is -2.35. The molecular formula is C15H26Cl2N4O2S. The minimum Gasteiger partial charge on any atom is -0.379 e. The van der Waals surface area contributed by atoms with E-state index in [1.807, 2.05) is 5.38 Å². The molecule has 9 heteroatoms. The van der Waals surface area contributed by atoms with E-state index in [4.69, 9.17) is 10.5 Å². The Morgan fingerprint density at radius 1 is 1.38 bits per heavy atom. The summed E-state index contributed by atoms with van der Waals surface area (Å²) < 4.78 is 5.35. The molecular weight excluding hydrogens is 371 g/mol. The van der Waals surface area contributed by atoms with Gasteiger partial charge in [0.2, 0.25) is 5.91 Å². The quantitative estimate of drug-likeness (QED) is 0.796. The van der Waals surface area contributed by atoms with Gasteiger partial charge in [-0.25, -0.2) is 4.98 Å². The highest BCUT2D eigenvalue weighted by Crippen LogP contribution is 2.32. The average Bonchev–Trinajstić information content (AvgIpc) is 3.17. The van der Waals surface area contributed by atoms with Gasteiger partial charge in [0.25, 0.3) is 0 Å². The third-order valence-corrected chi connectivity index (χ3v) is 5.38. The molecule has 1 aromatic heterocycles. The van der Waals surface area contributed by atoms with E-state index in [-0.39, 0.29) is 36.6 Å². The molecule has 3 N–H and O–H groups in total. The molecule has 1 aliphatic carbocycles. The minimum atomic E-state index is 0. The molecule has 24 heavy (non-hydrogen) atoms. The average molecular weight is 397 g/mol. The fraction of sp³-hybridized carbons (Fsp3) is 0.733. The van der Waals surface area contributed by atoms with Crippen LogP contribution < -0.4 is 11.1 Å². The molecule has 0 aromatic carbocycles. The maximum Gasteiger partial charge on any atom is 0.229 e. The first kappa shape index (κ1) is 21.6. The Morgan fingerprint density at radius 2 is 2.12 bits per heavy atom. The number of aromatic nitrogens is 1. The van der Waals surface area contributed by atoms with E-state index >= 15 is 0 Å². The molecule has 2 atom stereocenters. The molecule has 1 aromatic rings. The molecule has 1 aliphatic heterocycles. The summed E-state index contributed by atoms with van der Waals surface area (Å²) in [6, 6.07) is 0. The van der Waals surface area contributed by atoms with E-state index in [2.05, 4.69) is 15.2 Å². The third-order valence-electron chi connectivity index (χ3n) is 4.57. The molecule has 0 radical (unpaired) electrons. The van der Waals surface area contributed by atoms with Crippen LogP contribution in [-0.4, -0.2) is 48.6 Å². The molecule has 1 saturated heterocycles. The van der Waals surface area contributed by atoms with E-state index in [1.54, 1.807) is 0 Å². The number of hydrogen-bond donors (Lipinski definition) is 2. The van der Waals surface area contributed by atoms with Gasteiger partial charge in [-0.3, -0.25) is 9.69 Å². The predicted molar refractivity (Wildman–Crippen MR) is 101 cm³/mol. The first-order chi connectivity index (χ1) is 10.8. The van der Waals surface area contributed by atoms with E-state index in [0.29, 0.717) is 17.6 Å². The molecule has 0 unspecified atom stereocenters. The van der Waals surface area contributed by atoms with Crippen molar-refractivity contribution in [3.8, 4) is 0 Å². The van der Waals surface area contributed by atoms with E-state index < -0.39 is 0 Å². The number of nitrogens with one attached hydrogen (secondary N) is 1. The van der Waals surface area contributed by atoms with Gasteiger partial charge in [-0.2, -0.15) is 0 Å². The number of thiazole rings is 1. The minimum absolute atomic E-state index is 0. The monoisotopic (exact) mass is 396 g/mol. The van der Waals surface area contributed by atoms with Gasteiger partial charge in [-0.05, 0) is 25.3 Å². The van der Waals surface area contributed by atoms with E-state index in [9.17, 15) is 4.79 Å². The van der Waals surface area contributed by atoms with Crippen molar-refractivity contribution in [2.24, 2.45) is 17.6 Å². The lowest BCUT2D eigenvalue weighted by Gasteiger charge is -2.25. The number of morpholine rings is 1. The summed E-state index contributed by atoms with van der Waals surface area (Å²) in [5.74, 6) is 0.463. The van der Waals surface area contributed by atoms with Crippen molar-refractivity contribution in [2.45, 2.75) is 25.8 Å². The van der Waals surface area contributed by atoms with Crippen molar-refractivity contribution in [3.63, 3.8) is 0 Å². The second-order valence-corrected chi connectivity index (χ2v) is 6.91. The maximum atomic E-state index is 12.4. The van der Waals surface area contributed by atoms with Crippen molar-refractivity contribution < 1.29 is 9.53 Å². The van der Waals surface area contributed by atoms with Gasteiger partial charge in [-0.15, -0.1) is 36.2 Å². The van der Waals surface area contributed by atoms with Gasteiger partial charge in [0, 0.05) is 30.9 Å². The van der Waals surface area contributed by atoms with Crippen LogP contribution in [0, 0.1) is 11.8 Å². The number of carbonyl (C=O) groups excluding carboxylic acids is 1. The molecule has 138 valence electrons. The Kier molecular flexibility index (Phi) is 9.48. The summed E-state index contributed by atoms with van der Waals surface area (Å²) in [6.07, 6.45) is 3.11. The summed E-state index contributed by atoms with van der Waals surface area (Å²) in [5, 5.41) is 5.71. The van der Waals surface area contributed by atoms with Gasteiger partial charge in [0.15, 0.2) is 5.13 Å². The largest absolute Gasteiger partial charge is 0.379 e. The number of anilines is 1. The van der Waals surface area contributed by atoms with Crippen molar-refractivity contribution in [3.05, 3.63) is 11.1 Å². The van der Waals surface area contributed by atoms with Crippen LogP contribution >= 0.6 is 36.2 Å². The summed E-state index contributed by atoms with van der Waals surface area (Å²) >= 11 is 1.50. The van der Waals surface area contributed by atoms with Gasteiger partial charge >= 0.3 is 0 Å². The zero-order valence-electron chi connectivity index (χ0n) is 13.6. The van der Waals surface area contributed by atoms with Crippen LogP contribution in [-0.2, 0) is 16.1 Å². The first-order valence-electron chi connectivity index (χ1n) is 8.01. The van der Waals surface area contributed by atoms with Gasteiger partial charge < -0.3 is 15.8 Å². The molecule has 3 rings (SSSR count). The van der Waals surface area contributed by atoms with Crippen molar-refractivity contribution in [2.75, 3.05) is 38.2 Å². The molecule has 2 heterocycles. The normalized spacial score (nSPS) is 24.0. The van der Waals surface area contributed by atoms with Crippen LogP contribution in [0.1, 0.15) is 25.0 Å². The van der Waals surface area contributed by atoms with Crippen LogP contribution in [0.2, 0.25) is 0 Å². The molecule has 1 amide bonds. The highest BCUT2D eigenvalue weighted by atomic mass is 35.5. The molecule has 0 spiro atoms. The summed E-state index contributed by atoms with van der Waals surface area (Å²) in [6.45, 7) is 4.88. The molecule has 2 aliphatic rings. The Morgan fingerprint density at radius 3 is 2.83 bits per heavy atom. The molecule has 2 fully saturated rings. The fourth-order valence-electron chi connectivity index (χ4n) is 3.29. The van der Waals surface area contributed by atoms with Crippen LogP contribution in [0.4, 0.5) is 5.13 Å². The highest BCUT2D eigenvalue weighted by Gasteiger charge is 2.32. The molecule has 0 bridgehead atoms. The Bertz CT molecular complexity index is 511. The second-order valence-electron chi connectivity index (χ2n) is 6.05. The van der Waals surface area contributed by atoms with Crippen LogP contribution in [0.3, 0.4) is 0 Å². The topological polar surface area (TPSA) is 80.5 Å². The zero-order valence-corrected chi connectivity index (χ0v) is 16.1. The second kappa shape index (κ2) is 10.5. The summed E-state index contributed by atoms with van der Waals surface area (Å²) in [5.41, 5.74) is 6.77. The van der Waals surface area contributed by atoms with Crippen molar-refractivity contribution in [1.82, 2.24) is 9.88 Å². The van der Waals surface area contributed by atoms with Crippen LogP contribution in [0.15, 0.2) is 5.38 Å². The number of carbonyl (C=O) groups is 1. The zero-order chi connectivity index (χ0) is 15.4. The van der Waals surface area contributed by atoms with Gasteiger partial charge in [0.05, 0.1) is 18.9 Å². The van der Waals surface area contributed by atoms with Crippen molar-refractivity contribution >= 4 is 47.2 Å². The fourth-order valence-corrected chi connectivity index (χ4v) is 3.99. The number of amides is 1. The number of nitrogens with two attached hydrogens (primary N) is 1. The number of halogens is 2. The maximum absolute atomic E-state index is 12.4. The lowest BCUT2D eigenvalue weighted by atomic mass is 9.95. The predicted octanol–water partition coefficient (Wildman–Crippen LogP) is 2.13. The summed E-state index contributed by atoms with van der Waals surface area (Å²) in [7, 11) is 0. The van der Waals surface area contributed by atoms with Crippen LogP contribution in [0.5, 0.6) is 0 Å². The Labute approximate surface area is 159 Å². The molecule has 1 saturated carbocycles. The van der Waals surface area contributed by atoms with Crippen molar-refractivity contribution in [1.29, 1.82) is 0 Å². The molecule has 6 nitrogen and oxygen atoms in total. The lowest BCUT2D eigenvalue weighted by molar-refractivity contribution is -0.120. The number of ether oxygens (including phenoxy) is 1. The standard InChI is InChI=1S/C15H24N4O2S.2ClH/c16-8-11-2-1-3-13(11)14(20)18-15-17-12(10-22-15)9-19-4-6-21-7-5-19;;/h10-11,13H,1-9,16H2,(H,17,18,20);2*1H/t11-,13-;;/m1../s1. The Balaban J connectivity index is 0.00000144. The number of hydrogen-bond acceptors (Lipinski definition) is 6. The van der Waals surface area contributed by atoms with Crippen LogP contribution in [0.25, 0.3) is 0 Å². The Hall–Kier alpha value is -0.440. The van der Waals surface area contributed by atoms with Gasteiger partial charge in [-0.1, -0.05) is 6.42 Å². The summed E-state index contributed by atoms with van der Waals surface area (Å²) in [4.78, 5) is 19.2. The van der Waals surface area contributed by atoms with E-state index in [1.165, 1.54) is 11.3 Å². The number of nitrogens with zero attached hydrogens (tertiary/aromatic N) is 2.